The van der Waals surface area contributed by atoms with E-state index in [1.54, 1.807) is 31.2 Å². The number of aromatic hydroxyl groups is 1. The molecule has 0 saturated carbocycles. The Hall–Kier alpha value is -4.47. The van der Waals surface area contributed by atoms with Gasteiger partial charge >= 0.3 is 6.18 Å². The summed E-state index contributed by atoms with van der Waals surface area (Å²) >= 11 is 0. The van der Waals surface area contributed by atoms with Gasteiger partial charge < -0.3 is 15.7 Å². The third-order valence-corrected chi connectivity index (χ3v) is 7.35. The number of phenols is 1. The summed E-state index contributed by atoms with van der Waals surface area (Å²) in [6.45, 7) is 1.67. The number of nitrogens with zero attached hydrogens (tertiary/aromatic N) is 3. The number of hydrogen-bond acceptors (Lipinski definition) is 8. The number of amides is 1. The fourth-order valence-corrected chi connectivity index (χ4v) is 5.25. The number of carbonyl (C=O) groups is 1. The second kappa shape index (κ2) is 11.6. The molecule has 0 radical (unpaired) electrons. The molecule has 0 aliphatic rings. The van der Waals surface area contributed by atoms with Crippen LogP contribution >= 0.6 is 0 Å². The van der Waals surface area contributed by atoms with Crippen molar-refractivity contribution in [2.75, 3.05) is 22.8 Å². The lowest BCUT2D eigenvalue weighted by Crippen LogP contribution is -2.19. The molecular formula is C25H25F4N7O4S. The lowest BCUT2D eigenvalue weighted by molar-refractivity contribution is -0.127. The fourth-order valence-electron chi connectivity index (χ4n) is 4.08. The van der Waals surface area contributed by atoms with Crippen molar-refractivity contribution in [3.05, 3.63) is 59.0 Å². The number of hydrogen-bond donors (Lipinski definition) is 5. The van der Waals surface area contributed by atoms with Gasteiger partial charge in [0.25, 0.3) is 5.91 Å². The Balaban J connectivity index is 1.83. The number of phenolic OH excluding ortho intramolecular Hbond substituents is 1. The normalized spacial score (nSPS) is 12.0. The number of fused-ring (bicyclic) bond motifs is 1. The van der Waals surface area contributed by atoms with Crippen LogP contribution in [0.25, 0.3) is 22.4 Å². The summed E-state index contributed by atoms with van der Waals surface area (Å²) in [6, 6.07) is 7.84. The summed E-state index contributed by atoms with van der Waals surface area (Å²) in [5.74, 6) is -3.26. The van der Waals surface area contributed by atoms with Crippen LogP contribution in [0.2, 0.25) is 0 Å². The molecule has 0 spiro atoms. The van der Waals surface area contributed by atoms with Gasteiger partial charge in [-0.25, -0.2) is 22.8 Å². The molecule has 0 aliphatic heterocycles. The van der Waals surface area contributed by atoms with Crippen molar-refractivity contribution in [2.45, 2.75) is 32.5 Å². The number of alkyl halides is 3. The average molecular weight is 596 g/mol. The predicted molar refractivity (Wildman–Crippen MR) is 143 cm³/mol. The minimum atomic E-state index is -4.70. The number of aromatic nitrogens is 4. The van der Waals surface area contributed by atoms with E-state index >= 15 is 0 Å². The second-order valence-electron chi connectivity index (χ2n) is 8.96. The molecule has 4 aromatic rings. The summed E-state index contributed by atoms with van der Waals surface area (Å²) in [5.41, 5.74) is -0.232. The molecule has 2 heterocycles. The molecule has 218 valence electrons. The van der Waals surface area contributed by atoms with Crippen LogP contribution in [0.3, 0.4) is 0 Å². The number of anilines is 2. The third-order valence-electron chi connectivity index (χ3n) is 5.87. The van der Waals surface area contributed by atoms with E-state index in [9.17, 15) is 35.9 Å². The maximum Gasteiger partial charge on any atom is 0.393 e. The monoisotopic (exact) mass is 595 g/mol. The van der Waals surface area contributed by atoms with Gasteiger partial charge in [0.05, 0.1) is 23.2 Å². The first kappa shape index (κ1) is 29.5. The van der Waals surface area contributed by atoms with Gasteiger partial charge in [-0.3, -0.25) is 14.6 Å². The van der Waals surface area contributed by atoms with E-state index in [4.69, 9.17) is 0 Å². The van der Waals surface area contributed by atoms with Crippen LogP contribution < -0.4 is 15.4 Å². The van der Waals surface area contributed by atoms with Crippen LogP contribution in [0.5, 0.6) is 5.75 Å². The van der Waals surface area contributed by atoms with E-state index < -0.39 is 45.7 Å². The molecule has 0 aliphatic carbocycles. The van der Waals surface area contributed by atoms with E-state index in [0.29, 0.717) is 24.1 Å². The number of benzene rings is 2. The van der Waals surface area contributed by atoms with Crippen molar-refractivity contribution in [3.63, 3.8) is 0 Å². The molecule has 0 fully saturated rings. The molecule has 5 N–H and O–H groups in total. The van der Waals surface area contributed by atoms with Gasteiger partial charge in [-0.2, -0.15) is 18.3 Å². The summed E-state index contributed by atoms with van der Waals surface area (Å²) < 4.78 is 81.5. The molecule has 11 nitrogen and oxygen atoms in total. The molecule has 16 heteroatoms. The Labute approximate surface area is 231 Å². The van der Waals surface area contributed by atoms with Crippen molar-refractivity contribution >= 4 is 38.5 Å². The first-order chi connectivity index (χ1) is 19.3. The van der Waals surface area contributed by atoms with Gasteiger partial charge in [-0.15, -0.1) is 0 Å². The minimum absolute atomic E-state index is 0.0463. The lowest BCUT2D eigenvalue weighted by Gasteiger charge is -2.15. The lowest BCUT2D eigenvalue weighted by atomic mass is 10.0. The summed E-state index contributed by atoms with van der Waals surface area (Å²) in [5, 5.41) is 21.7. The molecule has 0 bridgehead atoms. The molecule has 4 rings (SSSR count). The summed E-state index contributed by atoms with van der Waals surface area (Å²) in [6.07, 6.45) is -5.80. The van der Waals surface area contributed by atoms with Gasteiger partial charge in [-0.1, -0.05) is 25.1 Å². The number of para-hydroxylation sites is 1. The van der Waals surface area contributed by atoms with Crippen LogP contribution in [0.15, 0.2) is 36.4 Å². The van der Waals surface area contributed by atoms with Crippen molar-refractivity contribution in [1.29, 1.82) is 0 Å². The Morgan fingerprint density at radius 2 is 1.85 bits per heavy atom. The number of nitrogens with one attached hydrogen (secondary N) is 4. The van der Waals surface area contributed by atoms with E-state index in [2.05, 4.69) is 35.5 Å². The topological polar surface area (TPSA) is 162 Å². The predicted octanol–water partition coefficient (Wildman–Crippen LogP) is 4.09. The number of rotatable bonds is 10. The number of carbonyl (C=O) groups excluding carboxylic acids is 1. The number of H-pyrrole nitrogens is 1. The van der Waals surface area contributed by atoms with Crippen LogP contribution in [-0.2, 0) is 23.0 Å². The highest BCUT2D eigenvalue weighted by molar-refractivity contribution is 7.92. The molecule has 1 amide bonds. The molecule has 2 aromatic heterocycles. The Morgan fingerprint density at radius 3 is 2.54 bits per heavy atom. The third kappa shape index (κ3) is 6.82. The van der Waals surface area contributed by atoms with Crippen LogP contribution in [0.4, 0.5) is 29.1 Å². The zero-order valence-corrected chi connectivity index (χ0v) is 22.5. The van der Waals surface area contributed by atoms with Crippen molar-refractivity contribution in [1.82, 2.24) is 25.5 Å². The van der Waals surface area contributed by atoms with Crippen LogP contribution in [-0.4, -0.2) is 58.6 Å². The molecule has 2 aromatic carbocycles. The van der Waals surface area contributed by atoms with E-state index in [-0.39, 0.29) is 51.9 Å². The van der Waals surface area contributed by atoms with Crippen LogP contribution in [0.1, 0.15) is 35.0 Å². The molecule has 41 heavy (non-hydrogen) atoms. The maximum absolute atomic E-state index is 14.3. The van der Waals surface area contributed by atoms with Gasteiger partial charge in [0.1, 0.15) is 11.5 Å². The summed E-state index contributed by atoms with van der Waals surface area (Å²) in [7, 11) is -2.25. The number of halogens is 4. The van der Waals surface area contributed by atoms with Gasteiger partial charge in [-0.05, 0) is 35.7 Å². The highest BCUT2D eigenvalue weighted by atomic mass is 32.2. The highest BCUT2D eigenvalue weighted by Crippen LogP contribution is 2.35. The maximum atomic E-state index is 14.3. The van der Waals surface area contributed by atoms with Crippen molar-refractivity contribution in [2.24, 2.45) is 0 Å². The smallest absolute Gasteiger partial charge is 0.393 e. The second-order valence-corrected chi connectivity index (χ2v) is 10.8. The standard InChI is InChI=1S/C25H25F4N7O4S/c1-3-8-41(39,40)36-17-7-5-4-6-13(17)12-31-22-19-20(24(38)30-2)34-35-23(19)33-21(32-22)15-10-16(26)18(37)9-14(15)11-25(27,28)29/h4-7,9-10,36-37H,3,8,11-12H2,1-2H3,(H,30,38)(H2,31,32,33,34,35). The zero-order valence-electron chi connectivity index (χ0n) is 21.7. The quantitative estimate of drug-likeness (QED) is 0.171. The minimum Gasteiger partial charge on any atom is -0.505 e. The Kier molecular flexibility index (Phi) is 8.32. The molecule has 0 atom stereocenters. The van der Waals surface area contributed by atoms with Crippen molar-refractivity contribution in [3.8, 4) is 17.1 Å². The van der Waals surface area contributed by atoms with Gasteiger partial charge in [0.15, 0.2) is 23.0 Å². The van der Waals surface area contributed by atoms with E-state index in [0.717, 1.165) is 0 Å². The molecule has 0 saturated heterocycles. The average Bonchev–Trinajstić information content (AvgIpc) is 3.32. The van der Waals surface area contributed by atoms with Crippen LogP contribution in [0, 0.1) is 5.82 Å². The fraction of sp³-hybridized carbons (Fsp3) is 0.280. The Morgan fingerprint density at radius 1 is 1.12 bits per heavy atom. The van der Waals surface area contributed by atoms with E-state index in [1.807, 2.05) is 0 Å². The number of aromatic amines is 1. The molecular weight excluding hydrogens is 570 g/mol. The van der Waals surface area contributed by atoms with Gasteiger partial charge in [0.2, 0.25) is 10.0 Å². The largest absolute Gasteiger partial charge is 0.505 e. The van der Waals surface area contributed by atoms with Crippen molar-refractivity contribution < 1.29 is 35.9 Å². The SMILES string of the molecule is CCCS(=O)(=O)Nc1ccccc1CNc1nc(-c2cc(F)c(O)cc2CC(F)(F)F)nc2n[nH]c(C(=O)NC)c12. The highest BCUT2D eigenvalue weighted by Gasteiger charge is 2.31. The summed E-state index contributed by atoms with van der Waals surface area (Å²) in [4.78, 5) is 21.0. The Bertz CT molecular complexity index is 1710. The molecule has 0 unspecified atom stereocenters. The zero-order chi connectivity index (χ0) is 29.9. The van der Waals surface area contributed by atoms with Gasteiger partial charge in [0, 0.05) is 19.2 Å². The van der Waals surface area contributed by atoms with E-state index in [1.165, 1.54) is 7.05 Å². The number of sulfonamides is 1. The first-order valence-electron chi connectivity index (χ1n) is 12.2. The first-order valence-corrected chi connectivity index (χ1v) is 13.9.